The second-order valence-corrected chi connectivity index (χ2v) is 4.59. The molecular formula is C10H10N4O3S. The second kappa shape index (κ2) is 4.96. The number of thiophene rings is 1. The quantitative estimate of drug-likeness (QED) is 0.840. The number of rotatable bonds is 4. The molecule has 0 atom stereocenters. The largest absolute Gasteiger partial charge is 0.477 e. The Morgan fingerprint density at radius 2 is 2.17 bits per heavy atom. The lowest BCUT2D eigenvalue weighted by Crippen LogP contribution is -2.23. The maximum Gasteiger partial charge on any atom is 0.345 e. The van der Waals surface area contributed by atoms with Gasteiger partial charge in [-0.25, -0.2) is 4.79 Å². The summed E-state index contributed by atoms with van der Waals surface area (Å²) in [4.78, 5) is 22.9. The first-order valence-corrected chi connectivity index (χ1v) is 5.84. The van der Waals surface area contributed by atoms with Gasteiger partial charge in [0.2, 0.25) is 0 Å². The molecule has 0 saturated carbocycles. The molecule has 0 bridgehead atoms. The highest BCUT2D eigenvalue weighted by atomic mass is 32.1. The minimum absolute atomic E-state index is 0.138. The molecule has 18 heavy (non-hydrogen) atoms. The van der Waals surface area contributed by atoms with Crippen LogP contribution < -0.4 is 5.32 Å². The van der Waals surface area contributed by atoms with Gasteiger partial charge in [-0.05, 0) is 12.1 Å². The third kappa shape index (κ3) is 2.54. The van der Waals surface area contributed by atoms with Crippen molar-refractivity contribution in [3.05, 3.63) is 34.0 Å². The first kappa shape index (κ1) is 12.2. The van der Waals surface area contributed by atoms with Crippen molar-refractivity contribution in [2.45, 2.75) is 6.54 Å². The molecule has 2 heterocycles. The molecule has 0 aliphatic carbocycles. The zero-order chi connectivity index (χ0) is 13.1. The maximum absolute atomic E-state index is 11.7. The van der Waals surface area contributed by atoms with Gasteiger partial charge in [-0.3, -0.25) is 4.79 Å². The monoisotopic (exact) mass is 266 g/mol. The van der Waals surface area contributed by atoms with Gasteiger partial charge in [0, 0.05) is 7.05 Å². The van der Waals surface area contributed by atoms with Crippen LogP contribution in [-0.2, 0) is 13.6 Å². The number of hydrogen-bond donors (Lipinski definition) is 2. The van der Waals surface area contributed by atoms with E-state index in [4.69, 9.17) is 5.11 Å². The molecule has 0 fully saturated rings. The Hall–Kier alpha value is -2.22. The Balaban J connectivity index is 1.99. The van der Waals surface area contributed by atoms with Gasteiger partial charge in [-0.15, -0.1) is 21.5 Å². The van der Waals surface area contributed by atoms with E-state index in [1.807, 2.05) is 0 Å². The van der Waals surface area contributed by atoms with Crippen LogP contribution in [-0.4, -0.2) is 31.7 Å². The molecule has 7 nitrogen and oxygen atoms in total. The average molecular weight is 266 g/mol. The normalized spacial score (nSPS) is 10.3. The number of carbonyl (C=O) groups is 2. The number of aryl methyl sites for hydroxylation is 1. The molecule has 0 spiro atoms. The summed E-state index contributed by atoms with van der Waals surface area (Å²) >= 11 is 0.936. The van der Waals surface area contributed by atoms with Crippen LogP contribution in [0, 0.1) is 0 Å². The Kier molecular flexibility index (Phi) is 3.38. The molecule has 2 rings (SSSR count). The van der Waals surface area contributed by atoms with Gasteiger partial charge in [0.25, 0.3) is 5.91 Å². The number of aromatic carboxylic acids is 1. The van der Waals surface area contributed by atoms with Crippen molar-refractivity contribution in [1.29, 1.82) is 0 Å². The summed E-state index contributed by atoms with van der Waals surface area (Å²) in [5, 5.41) is 18.9. The summed E-state index contributed by atoms with van der Waals surface area (Å²) in [6, 6.07) is 2.89. The van der Waals surface area contributed by atoms with Crippen molar-refractivity contribution in [3.8, 4) is 0 Å². The fourth-order valence-electron chi connectivity index (χ4n) is 1.29. The molecule has 0 radical (unpaired) electrons. The molecule has 2 aromatic rings. The number of hydrogen-bond acceptors (Lipinski definition) is 5. The number of nitrogens with zero attached hydrogens (tertiary/aromatic N) is 3. The van der Waals surface area contributed by atoms with Gasteiger partial charge >= 0.3 is 5.97 Å². The van der Waals surface area contributed by atoms with Crippen LogP contribution in [0.4, 0.5) is 0 Å². The van der Waals surface area contributed by atoms with E-state index in [-0.39, 0.29) is 17.3 Å². The Morgan fingerprint density at radius 1 is 1.44 bits per heavy atom. The smallest absolute Gasteiger partial charge is 0.345 e. The molecule has 2 aromatic heterocycles. The lowest BCUT2D eigenvalue weighted by atomic mass is 10.4. The number of amides is 1. The average Bonchev–Trinajstić information content (AvgIpc) is 2.94. The minimum Gasteiger partial charge on any atom is -0.477 e. The van der Waals surface area contributed by atoms with Gasteiger partial charge < -0.3 is 15.0 Å². The zero-order valence-electron chi connectivity index (χ0n) is 9.45. The first-order chi connectivity index (χ1) is 8.58. The SMILES string of the molecule is Cn1cnnc1CNC(=O)c1ccc(C(=O)O)s1. The van der Waals surface area contributed by atoms with Gasteiger partial charge in [0.15, 0.2) is 5.82 Å². The number of aromatic nitrogens is 3. The van der Waals surface area contributed by atoms with Crippen molar-refractivity contribution >= 4 is 23.2 Å². The van der Waals surface area contributed by atoms with Crippen LogP contribution in [0.25, 0.3) is 0 Å². The number of nitrogens with one attached hydrogen (secondary N) is 1. The second-order valence-electron chi connectivity index (χ2n) is 3.51. The Morgan fingerprint density at radius 3 is 2.72 bits per heavy atom. The van der Waals surface area contributed by atoms with E-state index in [0.29, 0.717) is 10.7 Å². The summed E-state index contributed by atoms with van der Waals surface area (Å²) < 4.78 is 1.69. The third-order valence-corrected chi connectivity index (χ3v) is 3.32. The summed E-state index contributed by atoms with van der Waals surface area (Å²) in [6.07, 6.45) is 1.54. The van der Waals surface area contributed by atoms with Crippen LogP contribution in [0.1, 0.15) is 25.2 Å². The van der Waals surface area contributed by atoms with E-state index < -0.39 is 5.97 Å². The lowest BCUT2D eigenvalue weighted by molar-refractivity contribution is 0.0702. The van der Waals surface area contributed by atoms with Crippen LogP contribution in [0.5, 0.6) is 0 Å². The summed E-state index contributed by atoms with van der Waals surface area (Å²) in [7, 11) is 1.77. The van der Waals surface area contributed by atoms with E-state index >= 15 is 0 Å². The van der Waals surface area contributed by atoms with Crippen LogP contribution in [0.3, 0.4) is 0 Å². The van der Waals surface area contributed by atoms with Crippen molar-refractivity contribution < 1.29 is 14.7 Å². The van der Waals surface area contributed by atoms with Crippen molar-refractivity contribution in [2.75, 3.05) is 0 Å². The fraction of sp³-hybridized carbons (Fsp3) is 0.200. The van der Waals surface area contributed by atoms with Crippen LogP contribution in [0.2, 0.25) is 0 Å². The molecule has 8 heteroatoms. The summed E-state index contributed by atoms with van der Waals surface area (Å²) in [5.74, 6) is -0.735. The van der Waals surface area contributed by atoms with E-state index in [9.17, 15) is 9.59 Å². The molecule has 0 aliphatic heterocycles. The molecule has 0 aliphatic rings. The highest BCUT2D eigenvalue weighted by Crippen LogP contribution is 2.16. The Bertz CT molecular complexity index is 589. The topological polar surface area (TPSA) is 97.1 Å². The lowest BCUT2D eigenvalue weighted by Gasteiger charge is -2.02. The summed E-state index contributed by atoms with van der Waals surface area (Å²) in [6.45, 7) is 0.246. The highest BCUT2D eigenvalue weighted by molar-refractivity contribution is 7.15. The van der Waals surface area contributed by atoms with Gasteiger partial charge in [0.1, 0.15) is 11.2 Å². The zero-order valence-corrected chi connectivity index (χ0v) is 10.3. The summed E-state index contributed by atoms with van der Waals surface area (Å²) in [5.41, 5.74) is 0. The maximum atomic E-state index is 11.7. The Labute approximate surface area is 106 Å². The highest BCUT2D eigenvalue weighted by Gasteiger charge is 2.13. The molecule has 1 amide bonds. The van der Waals surface area contributed by atoms with E-state index in [2.05, 4.69) is 15.5 Å². The fourth-order valence-corrected chi connectivity index (χ4v) is 2.05. The van der Waals surface area contributed by atoms with Crippen molar-refractivity contribution in [1.82, 2.24) is 20.1 Å². The number of carboxylic acids is 1. The van der Waals surface area contributed by atoms with Crippen LogP contribution in [0.15, 0.2) is 18.5 Å². The molecule has 94 valence electrons. The first-order valence-electron chi connectivity index (χ1n) is 5.02. The number of carbonyl (C=O) groups excluding carboxylic acids is 1. The molecule has 0 unspecified atom stereocenters. The molecule has 2 N–H and O–H groups in total. The standard InChI is InChI=1S/C10H10N4O3S/c1-14-5-12-13-8(14)4-11-9(15)6-2-3-7(18-6)10(16)17/h2-3,5H,4H2,1H3,(H,11,15)(H,16,17). The van der Waals surface area contributed by atoms with E-state index in [0.717, 1.165) is 11.3 Å². The van der Waals surface area contributed by atoms with Crippen molar-refractivity contribution in [3.63, 3.8) is 0 Å². The van der Waals surface area contributed by atoms with Crippen LogP contribution >= 0.6 is 11.3 Å². The van der Waals surface area contributed by atoms with E-state index in [1.165, 1.54) is 18.5 Å². The molecular weight excluding hydrogens is 256 g/mol. The predicted molar refractivity (Wildman–Crippen MR) is 63.5 cm³/mol. The van der Waals surface area contributed by atoms with Crippen molar-refractivity contribution in [2.24, 2.45) is 7.05 Å². The molecule has 0 aromatic carbocycles. The van der Waals surface area contributed by atoms with Gasteiger partial charge in [0.05, 0.1) is 11.4 Å². The number of carboxylic acid groups (broad SMARTS) is 1. The van der Waals surface area contributed by atoms with E-state index in [1.54, 1.807) is 11.6 Å². The minimum atomic E-state index is -1.03. The van der Waals surface area contributed by atoms with Gasteiger partial charge in [-0.2, -0.15) is 0 Å². The molecule has 0 saturated heterocycles. The third-order valence-electron chi connectivity index (χ3n) is 2.25. The van der Waals surface area contributed by atoms with Gasteiger partial charge in [-0.1, -0.05) is 0 Å². The predicted octanol–water partition coefficient (Wildman–Crippen LogP) is 0.505.